The molecule has 1 rings (SSSR count). The first-order valence-corrected chi connectivity index (χ1v) is 4.64. The molecule has 0 radical (unpaired) electrons. The molecule has 72 valence electrons. The van der Waals surface area contributed by atoms with Gasteiger partial charge in [0.2, 0.25) is 0 Å². The van der Waals surface area contributed by atoms with Crippen LogP contribution in [0.5, 0.6) is 0 Å². The molecule has 0 saturated heterocycles. The molecule has 0 fully saturated rings. The van der Waals surface area contributed by atoms with Crippen LogP contribution in [0.2, 0.25) is 5.02 Å². The Bertz CT molecular complexity index is 311. The van der Waals surface area contributed by atoms with E-state index in [1.807, 2.05) is 0 Å². The Kier molecular flexibility index (Phi) is 3.80. The van der Waals surface area contributed by atoms with Gasteiger partial charge in [0.05, 0.1) is 18.0 Å². The number of halogens is 2. The van der Waals surface area contributed by atoms with Gasteiger partial charge in [0.25, 0.3) is 0 Å². The summed E-state index contributed by atoms with van der Waals surface area (Å²) in [5.41, 5.74) is 0.0355. The molecule has 0 aliphatic rings. The second-order valence-corrected chi connectivity index (χ2v) is 3.22. The second kappa shape index (κ2) is 4.66. The Morgan fingerprint density at radius 3 is 2.85 bits per heavy atom. The van der Waals surface area contributed by atoms with Gasteiger partial charge >= 0.3 is 0 Å². The Morgan fingerprint density at radius 1 is 1.62 bits per heavy atom. The van der Waals surface area contributed by atoms with Crippen molar-refractivity contribution in [2.24, 2.45) is 0 Å². The van der Waals surface area contributed by atoms with Gasteiger partial charge in [0.15, 0.2) is 0 Å². The summed E-state index contributed by atoms with van der Waals surface area (Å²) in [4.78, 5) is 0. The van der Waals surface area contributed by atoms with Crippen LogP contribution in [-0.2, 0) is 22.2 Å². The summed E-state index contributed by atoms with van der Waals surface area (Å²) in [6, 6.07) is 4.06. The Balaban J connectivity index is 2.81. The van der Waals surface area contributed by atoms with E-state index in [2.05, 4.69) is 4.18 Å². The van der Waals surface area contributed by atoms with E-state index >= 15 is 0 Å². The molecule has 0 amide bonds. The van der Waals surface area contributed by atoms with Gasteiger partial charge in [-0.15, -0.1) is 0 Å². The summed E-state index contributed by atoms with van der Waals surface area (Å²) in [5.74, 6) is -0.585. The number of hydrogen-bond acceptors (Lipinski definition) is 3. The molecule has 0 spiro atoms. The molecular formula is C7H5ClFO3S-. The summed E-state index contributed by atoms with van der Waals surface area (Å²) in [6.07, 6.45) is 0. The van der Waals surface area contributed by atoms with E-state index in [1.54, 1.807) is 0 Å². The first-order valence-electron chi connectivity index (χ1n) is 3.26. The summed E-state index contributed by atoms with van der Waals surface area (Å²) in [6.45, 7) is -0.387. The maximum absolute atomic E-state index is 12.9. The van der Waals surface area contributed by atoms with Gasteiger partial charge < -0.3 is 4.55 Å². The Morgan fingerprint density at radius 2 is 2.31 bits per heavy atom. The highest BCUT2D eigenvalue weighted by Gasteiger charge is 2.06. The van der Waals surface area contributed by atoms with Crippen molar-refractivity contribution in [3.63, 3.8) is 0 Å². The molecule has 1 unspecified atom stereocenters. The molecule has 0 saturated carbocycles. The SMILES string of the molecule is O=S([O-])OCc1c(F)cccc1Cl. The van der Waals surface area contributed by atoms with Crippen LogP contribution in [0.4, 0.5) is 4.39 Å². The minimum atomic E-state index is -2.66. The molecule has 13 heavy (non-hydrogen) atoms. The van der Waals surface area contributed by atoms with Gasteiger partial charge in [-0.05, 0) is 12.1 Å². The van der Waals surface area contributed by atoms with E-state index in [0.717, 1.165) is 0 Å². The third-order valence-electron chi connectivity index (χ3n) is 1.36. The second-order valence-electron chi connectivity index (χ2n) is 2.17. The lowest BCUT2D eigenvalue weighted by molar-refractivity contribution is 0.286. The van der Waals surface area contributed by atoms with Gasteiger partial charge in [-0.2, -0.15) is 0 Å². The van der Waals surface area contributed by atoms with Gasteiger partial charge in [0.1, 0.15) is 5.82 Å². The van der Waals surface area contributed by atoms with Crippen LogP contribution in [0.1, 0.15) is 5.56 Å². The van der Waals surface area contributed by atoms with Crippen LogP contribution in [-0.4, -0.2) is 8.76 Å². The van der Waals surface area contributed by atoms with Crippen molar-refractivity contribution in [3.05, 3.63) is 34.6 Å². The zero-order chi connectivity index (χ0) is 9.84. The predicted octanol–water partition coefficient (Wildman–Crippen LogP) is 1.79. The molecule has 0 N–H and O–H groups in total. The Hall–Kier alpha value is -0.490. The zero-order valence-corrected chi connectivity index (χ0v) is 7.90. The van der Waals surface area contributed by atoms with Crippen molar-refractivity contribution >= 4 is 23.0 Å². The molecule has 6 heteroatoms. The molecular weight excluding hydrogens is 219 g/mol. The van der Waals surface area contributed by atoms with E-state index < -0.39 is 17.2 Å². The van der Waals surface area contributed by atoms with Gasteiger partial charge in [-0.1, -0.05) is 17.7 Å². The van der Waals surface area contributed by atoms with Gasteiger partial charge in [-0.25, -0.2) is 8.60 Å². The third-order valence-corrected chi connectivity index (χ3v) is 2.03. The molecule has 1 aromatic rings. The lowest BCUT2D eigenvalue weighted by atomic mass is 10.2. The molecule has 0 aliphatic heterocycles. The largest absolute Gasteiger partial charge is 0.750 e. The van der Waals surface area contributed by atoms with Crippen molar-refractivity contribution < 1.29 is 17.3 Å². The van der Waals surface area contributed by atoms with Crippen molar-refractivity contribution in [2.45, 2.75) is 6.61 Å². The van der Waals surface area contributed by atoms with E-state index in [0.29, 0.717) is 0 Å². The van der Waals surface area contributed by atoms with Crippen LogP contribution in [0.25, 0.3) is 0 Å². The van der Waals surface area contributed by atoms with Crippen LogP contribution in [0.3, 0.4) is 0 Å². The standard InChI is InChI=1S/C7H6ClFO3S/c8-6-2-1-3-7(9)5(6)4-12-13(10)11/h1-3H,4H2,(H,10,11)/p-1. The van der Waals surface area contributed by atoms with Crippen LogP contribution >= 0.6 is 11.6 Å². The zero-order valence-electron chi connectivity index (χ0n) is 6.33. The molecule has 0 aliphatic carbocycles. The normalized spacial score (nSPS) is 12.8. The molecule has 1 aromatic carbocycles. The first-order chi connectivity index (χ1) is 6.11. The van der Waals surface area contributed by atoms with E-state index in [-0.39, 0.29) is 17.2 Å². The van der Waals surface area contributed by atoms with E-state index in [4.69, 9.17) is 11.6 Å². The van der Waals surface area contributed by atoms with E-state index in [1.165, 1.54) is 18.2 Å². The van der Waals surface area contributed by atoms with Crippen molar-refractivity contribution in [1.82, 2.24) is 0 Å². The van der Waals surface area contributed by atoms with Crippen LogP contribution in [0.15, 0.2) is 18.2 Å². The van der Waals surface area contributed by atoms with Crippen LogP contribution < -0.4 is 0 Å². The monoisotopic (exact) mass is 223 g/mol. The van der Waals surface area contributed by atoms with Gasteiger partial charge in [-0.3, -0.25) is 4.18 Å². The minimum Gasteiger partial charge on any atom is -0.750 e. The van der Waals surface area contributed by atoms with Crippen molar-refractivity contribution in [1.29, 1.82) is 0 Å². The maximum atomic E-state index is 12.9. The number of rotatable bonds is 3. The summed E-state index contributed by atoms with van der Waals surface area (Å²) in [5, 5.41) is 0.144. The average Bonchev–Trinajstić information content (AvgIpc) is 2.03. The topological polar surface area (TPSA) is 49.4 Å². The average molecular weight is 224 g/mol. The fourth-order valence-corrected chi connectivity index (χ4v) is 1.21. The molecule has 1 atom stereocenters. The van der Waals surface area contributed by atoms with E-state index in [9.17, 15) is 13.2 Å². The summed E-state index contributed by atoms with van der Waals surface area (Å²) >= 11 is 2.93. The highest BCUT2D eigenvalue weighted by molar-refractivity contribution is 7.74. The molecule has 0 bridgehead atoms. The molecule has 3 nitrogen and oxygen atoms in total. The summed E-state index contributed by atoms with van der Waals surface area (Å²) in [7, 11) is 0. The third kappa shape index (κ3) is 3.04. The highest BCUT2D eigenvalue weighted by atomic mass is 35.5. The smallest absolute Gasteiger partial charge is 0.130 e. The Labute approximate surface area is 82.0 Å². The fourth-order valence-electron chi connectivity index (χ4n) is 0.777. The van der Waals surface area contributed by atoms with Crippen molar-refractivity contribution in [3.8, 4) is 0 Å². The minimum absolute atomic E-state index is 0.0355. The predicted molar refractivity (Wildman–Crippen MR) is 45.1 cm³/mol. The number of hydrogen-bond donors (Lipinski definition) is 0. The molecule has 0 aromatic heterocycles. The lowest BCUT2D eigenvalue weighted by Gasteiger charge is -2.07. The lowest BCUT2D eigenvalue weighted by Crippen LogP contribution is -1.99. The fraction of sp³-hybridized carbons (Fsp3) is 0.143. The quantitative estimate of drug-likeness (QED) is 0.734. The number of benzene rings is 1. The van der Waals surface area contributed by atoms with Crippen molar-refractivity contribution in [2.75, 3.05) is 0 Å². The molecule has 0 heterocycles. The summed E-state index contributed by atoms with van der Waals surface area (Å²) < 4.78 is 37.1. The highest BCUT2D eigenvalue weighted by Crippen LogP contribution is 2.19. The van der Waals surface area contributed by atoms with Gasteiger partial charge in [0, 0.05) is 10.6 Å². The first kappa shape index (κ1) is 10.6. The maximum Gasteiger partial charge on any atom is 0.130 e. The van der Waals surface area contributed by atoms with Crippen LogP contribution in [0, 0.1) is 5.82 Å².